The first kappa shape index (κ1) is 41.3. The Morgan fingerprint density at radius 3 is 1.55 bits per heavy atom. The van der Waals surface area contributed by atoms with Crippen molar-refractivity contribution in [2.24, 2.45) is 0 Å². The lowest BCUT2D eigenvalue weighted by atomic mass is 9.33. The molecule has 0 spiro atoms. The van der Waals surface area contributed by atoms with Crippen molar-refractivity contribution in [3.05, 3.63) is 123 Å². The smallest absolute Gasteiger partial charge is 0.257 e. The number of fused-ring (bicyclic) bond motifs is 8. The van der Waals surface area contributed by atoms with E-state index in [2.05, 4.69) is 199 Å². The van der Waals surface area contributed by atoms with Crippen LogP contribution in [0.2, 0.25) is 0 Å². The van der Waals surface area contributed by atoms with Gasteiger partial charge in [0.25, 0.3) is 6.71 Å². The number of nitrogens with zero attached hydrogens (tertiary/aromatic N) is 2. The van der Waals surface area contributed by atoms with Gasteiger partial charge in [0.05, 0.1) is 0 Å². The van der Waals surface area contributed by atoms with Crippen LogP contribution in [0.5, 0.6) is 0 Å². The summed E-state index contributed by atoms with van der Waals surface area (Å²) in [6.07, 6.45) is 4.68. The van der Waals surface area contributed by atoms with Gasteiger partial charge in [-0.25, -0.2) is 0 Å². The largest absolute Gasteiger partial charge is 0.440 e. The Kier molecular flexibility index (Phi) is 8.63. The van der Waals surface area contributed by atoms with E-state index in [1.165, 1.54) is 115 Å². The van der Waals surface area contributed by atoms with E-state index in [4.69, 9.17) is 4.42 Å². The van der Waals surface area contributed by atoms with Gasteiger partial charge in [0, 0.05) is 39.3 Å². The lowest BCUT2D eigenvalue weighted by Crippen LogP contribution is -2.61. The van der Waals surface area contributed by atoms with Crippen LogP contribution in [0, 0.1) is 13.8 Å². The summed E-state index contributed by atoms with van der Waals surface area (Å²) in [7, 11) is 0. The fraction of sp³-hybridized carbons (Fsp3) is 0.448. The summed E-state index contributed by atoms with van der Waals surface area (Å²) in [5.74, 6) is 0.956. The van der Waals surface area contributed by atoms with E-state index in [0.29, 0.717) is 0 Å². The summed E-state index contributed by atoms with van der Waals surface area (Å²) in [5, 5.41) is 1.26. The highest BCUT2D eigenvalue weighted by molar-refractivity contribution is 7.01. The van der Waals surface area contributed by atoms with Crippen LogP contribution in [0.15, 0.2) is 83.3 Å². The van der Waals surface area contributed by atoms with E-state index in [-0.39, 0.29) is 39.2 Å². The Hall–Kier alpha value is -4.70. The van der Waals surface area contributed by atoms with Gasteiger partial charge in [0.2, 0.25) is 5.88 Å². The second-order valence-corrected chi connectivity index (χ2v) is 24.6. The maximum absolute atomic E-state index is 7.47. The third kappa shape index (κ3) is 6.04. The highest BCUT2D eigenvalue weighted by atomic mass is 16.4. The van der Waals surface area contributed by atoms with E-state index in [0.717, 1.165) is 17.2 Å². The number of hydrogen-bond donors (Lipinski definition) is 0. The molecule has 0 bridgehead atoms. The summed E-state index contributed by atoms with van der Waals surface area (Å²) < 4.78 is 7.47. The molecule has 4 aliphatic rings. The van der Waals surface area contributed by atoms with Crippen LogP contribution >= 0.6 is 0 Å². The van der Waals surface area contributed by atoms with E-state index in [9.17, 15) is 0 Å². The Labute approximate surface area is 373 Å². The van der Waals surface area contributed by atoms with Gasteiger partial charge in [-0.2, -0.15) is 0 Å². The van der Waals surface area contributed by atoms with Gasteiger partial charge in [-0.1, -0.05) is 127 Å². The number of benzene rings is 5. The number of rotatable bonds is 2. The van der Waals surface area contributed by atoms with Gasteiger partial charge in [0.15, 0.2) is 0 Å². The van der Waals surface area contributed by atoms with Crippen molar-refractivity contribution in [3.63, 3.8) is 0 Å². The molecule has 0 saturated heterocycles. The number of furan rings is 1. The molecule has 5 aromatic carbocycles. The SMILES string of the molecule is Cc1cc2c3c(c1)N(c1ccc(C(C)(C)C)cc1)c1oc4cc5c(cc4c1B3c1cc3c(cc1N2c1ccc(C(C)(C)C)cc1C)C(C)(C)CCC3(C)C)C(C)(C)CCC5(C)C. The molecule has 3 heterocycles. The van der Waals surface area contributed by atoms with Gasteiger partial charge < -0.3 is 9.32 Å². The zero-order chi connectivity index (χ0) is 44.4. The minimum absolute atomic E-state index is 0.0220. The fourth-order valence-corrected chi connectivity index (χ4v) is 11.8. The van der Waals surface area contributed by atoms with Crippen molar-refractivity contribution in [1.82, 2.24) is 0 Å². The second-order valence-electron chi connectivity index (χ2n) is 24.6. The standard InChI is InChI=1S/C58H69BN2O/c1-34-27-47-51-48(28-34)61(45-22-19-37(29-35(45)2)54(6,7)8)46-32-42-41(56(11,12)24-25-57(42,13)14)31-44(46)59(51)50-39-30-40-43(58(15,16)26-23-55(40,9)10)33-49(39)62-52(50)60(47)38-20-17-36(18-21-38)53(3,4)5/h17-22,27-33H,23-26H2,1-16H3. The predicted molar refractivity (Wildman–Crippen MR) is 268 cm³/mol. The molecule has 320 valence electrons. The van der Waals surface area contributed by atoms with Gasteiger partial charge in [-0.3, -0.25) is 4.90 Å². The highest BCUT2D eigenvalue weighted by Crippen LogP contribution is 2.53. The topological polar surface area (TPSA) is 19.6 Å². The van der Waals surface area contributed by atoms with E-state index in [1.807, 2.05) is 0 Å². The average molecular weight is 821 g/mol. The fourth-order valence-electron chi connectivity index (χ4n) is 11.8. The maximum atomic E-state index is 7.47. The van der Waals surface area contributed by atoms with E-state index in [1.54, 1.807) is 0 Å². The Morgan fingerprint density at radius 2 is 1.00 bits per heavy atom. The summed E-state index contributed by atoms with van der Waals surface area (Å²) in [4.78, 5) is 5.13. The number of aryl methyl sites for hydroxylation is 2. The van der Waals surface area contributed by atoms with Crippen LogP contribution < -0.4 is 26.2 Å². The lowest BCUT2D eigenvalue weighted by molar-refractivity contribution is 0.332. The quantitative estimate of drug-likeness (QED) is 0.162. The summed E-state index contributed by atoms with van der Waals surface area (Å²) in [5.41, 5.74) is 22.7. The summed E-state index contributed by atoms with van der Waals surface area (Å²) in [6.45, 7) is 38.1. The summed E-state index contributed by atoms with van der Waals surface area (Å²) in [6, 6.07) is 31.7. The molecule has 0 fully saturated rings. The van der Waals surface area contributed by atoms with Gasteiger partial charge >= 0.3 is 0 Å². The first-order chi connectivity index (χ1) is 28.8. The molecule has 6 aromatic rings. The Balaban J connectivity index is 1.35. The molecule has 4 heteroatoms. The summed E-state index contributed by atoms with van der Waals surface area (Å²) >= 11 is 0. The zero-order valence-corrected chi connectivity index (χ0v) is 40.7. The number of hydrogen-bond acceptors (Lipinski definition) is 3. The molecule has 0 atom stereocenters. The lowest BCUT2D eigenvalue weighted by Gasteiger charge is -2.47. The molecular weight excluding hydrogens is 751 g/mol. The molecule has 0 amide bonds. The van der Waals surface area contributed by atoms with Crippen LogP contribution in [0.1, 0.15) is 167 Å². The molecule has 10 rings (SSSR count). The average Bonchev–Trinajstić information content (AvgIpc) is 3.55. The third-order valence-electron chi connectivity index (χ3n) is 16.1. The zero-order valence-electron chi connectivity index (χ0n) is 40.7. The molecule has 2 aliphatic heterocycles. The molecule has 0 radical (unpaired) electrons. The van der Waals surface area contributed by atoms with Crippen molar-refractivity contribution in [1.29, 1.82) is 0 Å². The Morgan fingerprint density at radius 1 is 0.500 bits per heavy atom. The van der Waals surface area contributed by atoms with Crippen LogP contribution in [0.25, 0.3) is 11.0 Å². The Bertz CT molecular complexity index is 2850. The van der Waals surface area contributed by atoms with Crippen molar-refractivity contribution in [2.45, 2.75) is 169 Å². The molecule has 0 unspecified atom stereocenters. The normalized spacial score (nSPS) is 19.1. The van der Waals surface area contributed by atoms with Gasteiger partial charge in [-0.15, -0.1) is 0 Å². The van der Waals surface area contributed by atoms with Crippen LogP contribution in [-0.2, 0) is 32.5 Å². The molecule has 3 nitrogen and oxygen atoms in total. The number of anilines is 6. The third-order valence-corrected chi connectivity index (χ3v) is 16.1. The van der Waals surface area contributed by atoms with Crippen molar-refractivity contribution >= 4 is 68.4 Å². The first-order valence-electron chi connectivity index (χ1n) is 23.6. The molecule has 1 aromatic heterocycles. The molecule has 62 heavy (non-hydrogen) atoms. The van der Waals surface area contributed by atoms with Crippen molar-refractivity contribution < 1.29 is 4.42 Å². The molecular formula is C58H69BN2O. The maximum Gasteiger partial charge on any atom is 0.257 e. The van der Waals surface area contributed by atoms with Crippen LogP contribution in [0.3, 0.4) is 0 Å². The second kappa shape index (κ2) is 13.0. The van der Waals surface area contributed by atoms with Crippen LogP contribution in [0.4, 0.5) is 34.3 Å². The first-order valence-corrected chi connectivity index (χ1v) is 23.6. The van der Waals surface area contributed by atoms with Gasteiger partial charge in [0.1, 0.15) is 5.58 Å². The minimum Gasteiger partial charge on any atom is -0.440 e. The highest BCUT2D eigenvalue weighted by Gasteiger charge is 2.49. The predicted octanol–water partition coefficient (Wildman–Crippen LogP) is 14.4. The molecule has 0 saturated carbocycles. The van der Waals surface area contributed by atoms with E-state index >= 15 is 0 Å². The van der Waals surface area contributed by atoms with Crippen molar-refractivity contribution in [3.8, 4) is 0 Å². The minimum atomic E-state index is -0.0220. The van der Waals surface area contributed by atoms with E-state index < -0.39 is 0 Å². The molecule has 0 N–H and O–H groups in total. The molecule has 2 aliphatic carbocycles. The van der Waals surface area contributed by atoms with Gasteiger partial charge in [-0.05, 0) is 176 Å². The van der Waals surface area contributed by atoms with Crippen LogP contribution in [-0.4, -0.2) is 6.71 Å². The monoisotopic (exact) mass is 821 g/mol. The van der Waals surface area contributed by atoms with Crippen molar-refractivity contribution in [2.75, 3.05) is 9.80 Å².